The summed E-state index contributed by atoms with van der Waals surface area (Å²) in [6, 6.07) is 78.6. The third kappa shape index (κ3) is 26.7. The van der Waals surface area contributed by atoms with Crippen LogP contribution in [0.15, 0.2) is 267 Å². The summed E-state index contributed by atoms with van der Waals surface area (Å²) in [4.78, 5) is 84.3. The van der Waals surface area contributed by atoms with Crippen LogP contribution in [-0.4, -0.2) is 87.7 Å². The van der Waals surface area contributed by atoms with E-state index in [-0.39, 0.29) is 137 Å². The molecule has 0 fully saturated rings. The second kappa shape index (κ2) is 49.3. The first-order valence-electron chi connectivity index (χ1n) is 47.8. The molecule has 0 spiro atoms. The Morgan fingerprint density at radius 1 is 0.246 bits per heavy atom. The van der Waals surface area contributed by atoms with E-state index in [2.05, 4.69) is 0 Å². The summed E-state index contributed by atoms with van der Waals surface area (Å²) in [7, 11) is 0. The van der Waals surface area contributed by atoms with E-state index in [1.807, 2.05) is 288 Å². The standard InChI is InChI=1S/C20H20O4.C20H20O3.C19H18O4.C19H18O3.C16H18O3.C13H18O3.C12H16O3/c1-4-20(2,3)19(23)24-18-13-8-6-5-7-12(13)11-15-14(18)9-10-16(21)17(15)22;1-4-20(2,3)19(22)23-18-15-11-7-5-9-13(15)17(21)14-10-6-8-12-16(14)18;1-3-11(2)19(22)23-18-13-7-5-4-6-12(13)10-15-14(18)8-9-16(20)17(15)21;1-3-12(2)19(21)22-18-15-10-6-4-8-13(15)17(20)14-9-5-7-11-16(14)18;1-3-11(2)16(18)19-10-12-8-9-15(17)14-7-5-4-6-13(12)14;1-4-13(2,3)12(15)16-9-10-5-7-11(14)8-6-10;1-3-9(2)12(14)15-8-10-4-6-11(13)7-5-10/h5-11,21-22H,4H2,1-3H3;5-12,21H,4H2,1-3H3;4-11,20-21H,3H2,1-2H3;4-12,20H,3H2,1-2H3;4-9,11,17H,3,10H2,1-2H3;5-8,14H,4,9H2,1-3H3;4-7,9,13H,3,8H2,1-2H3. The average molecular weight is 1930 g/mol. The lowest BCUT2D eigenvalue weighted by Crippen LogP contribution is -2.28. The van der Waals surface area contributed by atoms with Crippen LogP contribution < -0.4 is 18.9 Å². The number of phenolic OH excluding ortho intramolecular Hbond substituents is 9. The first kappa shape index (κ1) is 108. The molecule has 0 bridgehead atoms. The summed E-state index contributed by atoms with van der Waals surface area (Å²) in [5.41, 5.74) is 1.06. The Morgan fingerprint density at radius 2 is 0.514 bits per heavy atom. The summed E-state index contributed by atoms with van der Waals surface area (Å²) in [6.07, 6.45) is 5.08. The summed E-state index contributed by atoms with van der Waals surface area (Å²) in [5, 5.41) is 102. The van der Waals surface area contributed by atoms with Crippen LogP contribution in [0.2, 0.25) is 0 Å². The SMILES string of the molecule is CCC(C)(C)C(=O)OCc1ccc(O)cc1.CCC(C)(C)C(=O)Oc1c2ccccc2c(O)c2ccccc12.CCC(C)(C)C(=O)Oc1c2ccccc2cc2c(O)c(O)ccc12.CCC(C)C(=O)OCc1ccc(O)c2ccccc12.CCC(C)C(=O)OCc1ccc(O)cc1.CCC(C)C(=O)Oc1c2ccccc2c(O)c2ccccc12.CCC(C)C(=O)Oc1c2ccccc2cc2c(O)c(O)ccc12. The van der Waals surface area contributed by atoms with Gasteiger partial charge in [-0.25, -0.2) is 0 Å². The van der Waals surface area contributed by atoms with Crippen LogP contribution in [0.3, 0.4) is 0 Å². The van der Waals surface area contributed by atoms with E-state index in [1.54, 1.807) is 84.9 Å². The molecule has 0 saturated heterocycles. The average Bonchev–Trinajstić information content (AvgIpc) is 0.767. The van der Waals surface area contributed by atoms with E-state index < -0.39 is 16.2 Å². The number of benzene rings is 16. The zero-order valence-corrected chi connectivity index (χ0v) is 83.5. The topological polar surface area (TPSA) is 366 Å². The van der Waals surface area contributed by atoms with Crippen molar-refractivity contribution in [2.75, 3.05) is 0 Å². The molecule has 16 rings (SSSR count). The quantitative estimate of drug-likeness (QED) is 0.00892. The number of aromatic hydroxyl groups is 9. The van der Waals surface area contributed by atoms with Gasteiger partial charge in [-0.15, -0.1) is 0 Å². The molecule has 4 unspecified atom stereocenters. The molecular formula is C119H128O23. The van der Waals surface area contributed by atoms with E-state index in [1.165, 1.54) is 12.1 Å². The molecule has 0 amide bonds. The lowest BCUT2D eigenvalue weighted by atomic mass is 9.90. The lowest BCUT2D eigenvalue weighted by Gasteiger charge is -2.22. The zero-order valence-electron chi connectivity index (χ0n) is 83.5. The second-order valence-corrected chi connectivity index (χ2v) is 36.9. The Balaban J connectivity index is 0.000000171. The summed E-state index contributed by atoms with van der Waals surface area (Å²) in [6.45, 7) is 33.0. The van der Waals surface area contributed by atoms with E-state index in [0.29, 0.717) is 85.4 Å². The van der Waals surface area contributed by atoms with E-state index in [4.69, 9.17) is 43.4 Å². The molecule has 142 heavy (non-hydrogen) atoms. The Kier molecular flexibility index (Phi) is 37.6. The minimum absolute atomic E-state index is 0.0536. The highest BCUT2D eigenvalue weighted by Crippen LogP contribution is 2.48. The molecule has 0 radical (unpaired) electrons. The number of fused-ring (bicyclic) bond motifs is 9. The number of carbonyl (C=O) groups is 7. The number of hydrogen-bond acceptors (Lipinski definition) is 23. The van der Waals surface area contributed by atoms with Gasteiger partial charge in [0.25, 0.3) is 0 Å². The fourth-order valence-corrected chi connectivity index (χ4v) is 14.3. The van der Waals surface area contributed by atoms with Gasteiger partial charge in [-0.2, -0.15) is 0 Å². The largest absolute Gasteiger partial charge is 0.508 e. The minimum Gasteiger partial charge on any atom is -0.508 e. The molecule has 16 aromatic rings. The van der Waals surface area contributed by atoms with Crippen LogP contribution in [0.1, 0.15) is 179 Å². The first-order chi connectivity index (χ1) is 67.7. The maximum absolute atomic E-state index is 12.6. The number of rotatable bonds is 24. The highest BCUT2D eigenvalue weighted by atomic mass is 16.6. The summed E-state index contributed by atoms with van der Waals surface area (Å²) < 4.78 is 38.5. The number of ether oxygens (including phenoxy) is 7. The summed E-state index contributed by atoms with van der Waals surface area (Å²) in [5.74, 6) is -0.0741. The lowest BCUT2D eigenvalue weighted by molar-refractivity contribution is -0.155. The van der Waals surface area contributed by atoms with Crippen molar-refractivity contribution in [3.05, 3.63) is 284 Å². The van der Waals surface area contributed by atoms with Crippen molar-refractivity contribution in [2.24, 2.45) is 39.9 Å². The van der Waals surface area contributed by atoms with Crippen LogP contribution in [0.5, 0.6) is 74.7 Å². The molecule has 9 N–H and O–H groups in total. The van der Waals surface area contributed by atoms with Crippen LogP contribution in [-0.2, 0) is 67.6 Å². The van der Waals surface area contributed by atoms with Crippen LogP contribution in [0, 0.1) is 39.9 Å². The molecule has 0 saturated carbocycles. The molecule has 0 aliphatic carbocycles. The predicted octanol–water partition coefficient (Wildman–Crippen LogP) is 27.8. The van der Waals surface area contributed by atoms with Gasteiger partial charge in [0.05, 0.1) is 39.9 Å². The van der Waals surface area contributed by atoms with Crippen molar-refractivity contribution in [1.82, 2.24) is 0 Å². The van der Waals surface area contributed by atoms with Crippen LogP contribution in [0.25, 0.3) is 97.0 Å². The zero-order chi connectivity index (χ0) is 104. The van der Waals surface area contributed by atoms with Crippen molar-refractivity contribution in [3.63, 3.8) is 0 Å². The van der Waals surface area contributed by atoms with E-state index >= 15 is 0 Å². The van der Waals surface area contributed by atoms with Crippen molar-refractivity contribution in [1.29, 1.82) is 0 Å². The smallest absolute Gasteiger partial charge is 0.316 e. The van der Waals surface area contributed by atoms with Crippen LogP contribution in [0.4, 0.5) is 0 Å². The van der Waals surface area contributed by atoms with Crippen LogP contribution >= 0.6 is 0 Å². The van der Waals surface area contributed by atoms with Gasteiger partial charge in [0.15, 0.2) is 23.0 Å². The monoisotopic (exact) mass is 1920 g/mol. The molecule has 0 heterocycles. The molecule has 23 heteroatoms. The van der Waals surface area contributed by atoms with Gasteiger partial charge in [0.1, 0.15) is 71.6 Å². The van der Waals surface area contributed by atoms with Crippen molar-refractivity contribution in [3.8, 4) is 74.7 Å². The van der Waals surface area contributed by atoms with Gasteiger partial charge in [0.2, 0.25) is 0 Å². The number of esters is 7. The molecule has 4 atom stereocenters. The molecule has 0 aliphatic heterocycles. The van der Waals surface area contributed by atoms with Gasteiger partial charge in [-0.1, -0.05) is 276 Å². The van der Waals surface area contributed by atoms with Crippen molar-refractivity contribution >= 4 is 139 Å². The van der Waals surface area contributed by atoms with Gasteiger partial charge in [-0.05, 0) is 186 Å². The molecular weight excluding hydrogens is 1800 g/mol. The number of hydrogen-bond donors (Lipinski definition) is 9. The molecule has 23 nitrogen and oxygen atoms in total. The van der Waals surface area contributed by atoms with Gasteiger partial charge in [0, 0.05) is 80.8 Å². The molecule has 0 aliphatic rings. The summed E-state index contributed by atoms with van der Waals surface area (Å²) >= 11 is 0. The van der Waals surface area contributed by atoms with E-state index in [9.17, 15) is 69.3 Å². The maximum atomic E-state index is 12.6. The Bertz CT molecular complexity index is 7060. The number of phenols is 9. The Labute approximate surface area is 827 Å². The highest BCUT2D eigenvalue weighted by Gasteiger charge is 2.33. The van der Waals surface area contributed by atoms with E-state index in [0.717, 1.165) is 96.2 Å². The van der Waals surface area contributed by atoms with Crippen molar-refractivity contribution < 1.29 is 113 Å². The van der Waals surface area contributed by atoms with Gasteiger partial charge < -0.3 is 79.1 Å². The Hall–Kier alpha value is -15.7. The Morgan fingerprint density at radius 3 is 0.866 bits per heavy atom. The first-order valence-corrected chi connectivity index (χ1v) is 47.8. The number of carbonyl (C=O) groups excluding carboxylic acids is 7. The fourth-order valence-electron chi connectivity index (χ4n) is 14.3. The second-order valence-electron chi connectivity index (χ2n) is 36.9. The third-order valence-electron chi connectivity index (χ3n) is 25.7. The minimum atomic E-state index is -0.609. The molecule has 0 aromatic heterocycles. The third-order valence-corrected chi connectivity index (χ3v) is 25.7. The van der Waals surface area contributed by atoms with Crippen molar-refractivity contribution in [2.45, 2.75) is 182 Å². The fraction of sp³-hybridized carbons (Fsp3) is 0.286. The maximum Gasteiger partial charge on any atom is 0.316 e. The van der Waals surface area contributed by atoms with Gasteiger partial charge in [-0.3, -0.25) is 33.6 Å². The van der Waals surface area contributed by atoms with Gasteiger partial charge >= 0.3 is 41.8 Å². The molecule has 742 valence electrons. The normalized spacial score (nSPS) is 12.0. The molecule has 16 aromatic carbocycles. The highest BCUT2D eigenvalue weighted by molar-refractivity contribution is 6.15. The predicted molar refractivity (Wildman–Crippen MR) is 560 cm³/mol.